The van der Waals surface area contributed by atoms with E-state index in [1.165, 1.54) is 12.1 Å². The Balaban J connectivity index is 2.02. The number of pyridine rings is 1. The van der Waals surface area contributed by atoms with Crippen molar-refractivity contribution < 1.29 is 9.59 Å². The molecular weight excluding hydrogens is 313 g/mol. The Kier molecular flexibility index (Phi) is 4.77. The molecule has 0 radical (unpaired) electrons. The van der Waals surface area contributed by atoms with Gasteiger partial charge in [0.15, 0.2) is 0 Å². The number of hydrogen-bond donors (Lipinski definition) is 2. The van der Waals surface area contributed by atoms with Crippen molar-refractivity contribution in [3.63, 3.8) is 0 Å². The summed E-state index contributed by atoms with van der Waals surface area (Å²) in [7, 11) is 0. The second-order valence-corrected chi connectivity index (χ2v) is 5.02. The van der Waals surface area contributed by atoms with Crippen LogP contribution in [0.25, 0.3) is 0 Å². The van der Waals surface area contributed by atoms with Crippen LogP contribution in [0.5, 0.6) is 0 Å². The van der Waals surface area contributed by atoms with E-state index in [2.05, 4.69) is 15.6 Å². The first-order valence-corrected chi connectivity index (χ1v) is 6.72. The van der Waals surface area contributed by atoms with Crippen LogP contribution in [0.1, 0.15) is 5.69 Å². The van der Waals surface area contributed by atoms with Gasteiger partial charge in [-0.05, 0) is 37.3 Å². The number of benzene rings is 1. The molecule has 5 nitrogen and oxygen atoms in total. The maximum absolute atomic E-state index is 11.8. The molecule has 2 aromatic rings. The molecule has 0 aliphatic rings. The highest BCUT2D eigenvalue weighted by Crippen LogP contribution is 2.24. The average Bonchev–Trinajstić information content (AvgIpc) is 2.43. The van der Waals surface area contributed by atoms with E-state index in [1.54, 1.807) is 31.2 Å². The molecule has 2 N–H and O–H groups in total. The molecular formula is C14H11Cl2N3O2. The van der Waals surface area contributed by atoms with E-state index in [-0.39, 0.29) is 5.02 Å². The highest BCUT2D eigenvalue weighted by atomic mass is 35.5. The number of rotatable bonds is 2. The summed E-state index contributed by atoms with van der Waals surface area (Å²) in [5.41, 5.74) is 1.11. The molecule has 21 heavy (non-hydrogen) atoms. The zero-order valence-electron chi connectivity index (χ0n) is 11.0. The molecule has 0 unspecified atom stereocenters. The first-order chi connectivity index (χ1) is 9.95. The number of aromatic nitrogens is 1. The molecule has 2 rings (SSSR count). The first-order valence-electron chi connectivity index (χ1n) is 5.97. The van der Waals surface area contributed by atoms with Crippen LogP contribution in [0, 0.1) is 6.92 Å². The minimum absolute atomic E-state index is 0.287. The van der Waals surface area contributed by atoms with Crippen molar-refractivity contribution >= 4 is 46.5 Å². The maximum atomic E-state index is 11.8. The predicted octanol–water partition coefficient (Wildman–Crippen LogP) is 3.27. The largest absolute Gasteiger partial charge is 0.318 e. The normalized spacial score (nSPS) is 10.0. The minimum Gasteiger partial charge on any atom is -0.318 e. The van der Waals surface area contributed by atoms with Gasteiger partial charge in [-0.3, -0.25) is 9.59 Å². The zero-order chi connectivity index (χ0) is 15.4. The van der Waals surface area contributed by atoms with Gasteiger partial charge < -0.3 is 10.6 Å². The number of amides is 2. The number of carbonyl (C=O) groups excluding carboxylic acids is 2. The van der Waals surface area contributed by atoms with Crippen LogP contribution in [0.4, 0.5) is 11.5 Å². The smallest absolute Gasteiger partial charge is 0.315 e. The van der Waals surface area contributed by atoms with Gasteiger partial charge in [0.1, 0.15) is 5.82 Å². The summed E-state index contributed by atoms with van der Waals surface area (Å²) in [6.07, 6.45) is 0. The topological polar surface area (TPSA) is 71.1 Å². The number of carbonyl (C=O) groups is 2. The third kappa shape index (κ3) is 4.18. The summed E-state index contributed by atoms with van der Waals surface area (Å²) in [4.78, 5) is 27.6. The van der Waals surface area contributed by atoms with Crippen LogP contribution in [0.3, 0.4) is 0 Å². The summed E-state index contributed by atoms with van der Waals surface area (Å²) < 4.78 is 0. The number of hydrogen-bond acceptors (Lipinski definition) is 3. The summed E-state index contributed by atoms with van der Waals surface area (Å²) in [5, 5.41) is 5.48. The van der Waals surface area contributed by atoms with Gasteiger partial charge in [-0.2, -0.15) is 0 Å². The van der Waals surface area contributed by atoms with Gasteiger partial charge in [-0.1, -0.05) is 29.3 Å². The Hall–Kier alpha value is -2.11. The molecule has 0 saturated heterocycles. The Morgan fingerprint density at radius 2 is 1.71 bits per heavy atom. The SMILES string of the molecule is Cc1cccc(NC(=O)C(=O)Nc2ccc(Cl)c(Cl)c2)n1. The van der Waals surface area contributed by atoms with Crippen molar-refractivity contribution in [3.05, 3.63) is 52.1 Å². The van der Waals surface area contributed by atoms with E-state index >= 15 is 0 Å². The molecule has 0 atom stereocenters. The minimum atomic E-state index is -0.823. The number of aryl methyl sites for hydroxylation is 1. The van der Waals surface area contributed by atoms with Crippen LogP contribution in [-0.2, 0) is 9.59 Å². The number of nitrogens with zero attached hydrogens (tertiary/aromatic N) is 1. The lowest BCUT2D eigenvalue weighted by Crippen LogP contribution is -2.29. The fraction of sp³-hybridized carbons (Fsp3) is 0.0714. The summed E-state index contributed by atoms with van der Waals surface area (Å²) in [6, 6.07) is 9.64. The van der Waals surface area contributed by atoms with Crippen molar-refractivity contribution in [2.24, 2.45) is 0 Å². The third-order valence-electron chi connectivity index (χ3n) is 2.51. The molecule has 0 bridgehead atoms. The van der Waals surface area contributed by atoms with Crippen molar-refractivity contribution in [1.29, 1.82) is 0 Å². The van der Waals surface area contributed by atoms with Crippen LogP contribution in [-0.4, -0.2) is 16.8 Å². The monoisotopic (exact) mass is 323 g/mol. The van der Waals surface area contributed by atoms with Crippen molar-refractivity contribution in [3.8, 4) is 0 Å². The van der Waals surface area contributed by atoms with Gasteiger partial charge in [0, 0.05) is 11.4 Å². The maximum Gasteiger partial charge on any atom is 0.315 e. The lowest BCUT2D eigenvalue weighted by molar-refractivity contribution is -0.133. The van der Waals surface area contributed by atoms with Crippen molar-refractivity contribution in [2.75, 3.05) is 10.6 Å². The summed E-state index contributed by atoms with van der Waals surface area (Å²) >= 11 is 11.6. The van der Waals surface area contributed by atoms with Crippen molar-refractivity contribution in [2.45, 2.75) is 6.92 Å². The van der Waals surface area contributed by atoms with E-state index in [0.29, 0.717) is 16.5 Å². The zero-order valence-corrected chi connectivity index (χ0v) is 12.5. The quantitative estimate of drug-likeness (QED) is 0.833. The third-order valence-corrected chi connectivity index (χ3v) is 3.25. The molecule has 108 valence electrons. The lowest BCUT2D eigenvalue weighted by atomic mass is 10.3. The van der Waals surface area contributed by atoms with E-state index in [0.717, 1.165) is 5.69 Å². The molecule has 0 aliphatic heterocycles. The molecule has 0 spiro atoms. The fourth-order valence-electron chi connectivity index (χ4n) is 1.55. The van der Waals surface area contributed by atoms with Crippen LogP contribution in [0.2, 0.25) is 10.0 Å². The van der Waals surface area contributed by atoms with Gasteiger partial charge in [0.05, 0.1) is 10.0 Å². The Labute approximate surface area is 131 Å². The average molecular weight is 324 g/mol. The van der Waals surface area contributed by atoms with Crippen LogP contribution < -0.4 is 10.6 Å². The Morgan fingerprint density at radius 1 is 1.00 bits per heavy atom. The molecule has 2 amide bonds. The van der Waals surface area contributed by atoms with E-state index in [9.17, 15) is 9.59 Å². The second-order valence-electron chi connectivity index (χ2n) is 4.20. The molecule has 1 heterocycles. The second kappa shape index (κ2) is 6.56. The molecule has 7 heteroatoms. The van der Waals surface area contributed by atoms with E-state index < -0.39 is 11.8 Å². The van der Waals surface area contributed by atoms with E-state index in [1.807, 2.05) is 0 Å². The summed E-state index contributed by atoms with van der Waals surface area (Å²) in [5.74, 6) is -1.33. The molecule has 0 aliphatic carbocycles. The Bertz CT molecular complexity index is 704. The number of nitrogens with one attached hydrogen (secondary N) is 2. The van der Waals surface area contributed by atoms with Gasteiger partial charge in [-0.15, -0.1) is 0 Å². The van der Waals surface area contributed by atoms with Crippen LogP contribution >= 0.6 is 23.2 Å². The van der Waals surface area contributed by atoms with Gasteiger partial charge in [0.2, 0.25) is 0 Å². The molecule has 1 aromatic heterocycles. The van der Waals surface area contributed by atoms with Crippen LogP contribution in [0.15, 0.2) is 36.4 Å². The lowest BCUT2D eigenvalue weighted by Gasteiger charge is -2.07. The van der Waals surface area contributed by atoms with Gasteiger partial charge >= 0.3 is 11.8 Å². The van der Waals surface area contributed by atoms with Gasteiger partial charge in [-0.25, -0.2) is 4.98 Å². The predicted molar refractivity (Wildman–Crippen MR) is 82.7 cm³/mol. The highest BCUT2D eigenvalue weighted by molar-refractivity contribution is 6.44. The molecule has 0 saturated carbocycles. The molecule has 1 aromatic carbocycles. The fourth-order valence-corrected chi connectivity index (χ4v) is 1.85. The van der Waals surface area contributed by atoms with Gasteiger partial charge in [0.25, 0.3) is 0 Å². The number of halogens is 2. The highest BCUT2D eigenvalue weighted by Gasteiger charge is 2.15. The van der Waals surface area contributed by atoms with E-state index in [4.69, 9.17) is 23.2 Å². The van der Waals surface area contributed by atoms with Crippen molar-refractivity contribution in [1.82, 2.24) is 4.98 Å². The standard InChI is InChI=1S/C14H11Cl2N3O2/c1-8-3-2-4-12(17-8)19-14(21)13(20)18-9-5-6-10(15)11(16)7-9/h2-7H,1H3,(H,18,20)(H,17,19,21). The first kappa shape index (κ1) is 15.3. The molecule has 0 fully saturated rings. The summed E-state index contributed by atoms with van der Waals surface area (Å²) in [6.45, 7) is 1.78. The number of anilines is 2. The Morgan fingerprint density at radius 3 is 2.38 bits per heavy atom.